The van der Waals surface area contributed by atoms with Crippen LogP contribution in [-0.2, 0) is 4.79 Å². The van der Waals surface area contributed by atoms with Gasteiger partial charge in [0.25, 0.3) is 0 Å². The van der Waals surface area contributed by atoms with E-state index in [1.165, 1.54) is 0 Å². The van der Waals surface area contributed by atoms with Crippen molar-refractivity contribution in [3.63, 3.8) is 0 Å². The summed E-state index contributed by atoms with van der Waals surface area (Å²) in [5.74, 6) is 1.30. The van der Waals surface area contributed by atoms with Crippen molar-refractivity contribution < 1.29 is 9.90 Å². The van der Waals surface area contributed by atoms with Crippen molar-refractivity contribution in [2.75, 3.05) is 24.6 Å². The van der Waals surface area contributed by atoms with Crippen LogP contribution in [0.15, 0.2) is 24.3 Å². The number of aryl methyl sites for hydroxylation is 1. The normalized spacial score (nSPS) is 18.9. The average Bonchev–Trinajstić information content (AvgIpc) is 2.33. The molecule has 2 rings (SSSR count). The van der Waals surface area contributed by atoms with Crippen molar-refractivity contribution in [1.29, 1.82) is 0 Å². The van der Waals surface area contributed by atoms with Gasteiger partial charge in [-0.2, -0.15) is 11.8 Å². The van der Waals surface area contributed by atoms with Gasteiger partial charge in [0.2, 0.25) is 0 Å². The highest BCUT2D eigenvalue weighted by atomic mass is 32.2. The number of aliphatic carboxylic acids is 1. The third-order valence-electron chi connectivity index (χ3n) is 3.13. The maximum atomic E-state index is 11.5. The van der Waals surface area contributed by atoms with Crippen LogP contribution in [0.3, 0.4) is 0 Å². The van der Waals surface area contributed by atoms with E-state index in [0.29, 0.717) is 0 Å². The molecule has 1 atom stereocenters. The first-order chi connectivity index (χ1) is 8.20. The predicted octanol–water partition coefficient (Wildman–Crippen LogP) is 2.17. The van der Waals surface area contributed by atoms with E-state index in [9.17, 15) is 9.90 Å². The lowest BCUT2D eigenvalue weighted by molar-refractivity contribution is -0.143. The monoisotopic (exact) mass is 251 g/mol. The molecule has 0 aromatic heterocycles. The topological polar surface area (TPSA) is 40.5 Å². The van der Waals surface area contributed by atoms with Crippen LogP contribution in [0.2, 0.25) is 0 Å². The maximum Gasteiger partial charge on any atom is 0.325 e. The number of hydrogen-bond donors (Lipinski definition) is 1. The van der Waals surface area contributed by atoms with E-state index in [1.54, 1.807) is 0 Å². The molecule has 1 N–H and O–H groups in total. The first-order valence-corrected chi connectivity index (χ1v) is 6.96. The van der Waals surface area contributed by atoms with E-state index in [1.807, 2.05) is 43.0 Å². The average molecular weight is 251 g/mol. The van der Waals surface area contributed by atoms with E-state index < -0.39 is 12.0 Å². The van der Waals surface area contributed by atoms with Crippen LogP contribution in [0.4, 0.5) is 0 Å². The predicted molar refractivity (Wildman–Crippen MR) is 70.5 cm³/mol. The van der Waals surface area contributed by atoms with Crippen LogP contribution in [-0.4, -0.2) is 40.6 Å². The van der Waals surface area contributed by atoms with Crippen LogP contribution in [0, 0.1) is 6.92 Å². The second kappa shape index (κ2) is 5.56. The number of nitrogens with zero attached hydrogens (tertiary/aromatic N) is 1. The Labute approximate surface area is 106 Å². The second-order valence-electron chi connectivity index (χ2n) is 4.25. The summed E-state index contributed by atoms with van der Waals surface area (Å²) in [5.41, 5.74) is 1.98. The zero-order valence-corrected chi connectivity index (χ0v) is 10.7. The fraction of sp³-hybridized carbons (Fsp3) is 0.462. The minimum Gasteiger partial charge on any atom is -0.480 e. The fourth-order valence-electron chi connectivity index (χ4n) is 2.22. The Morgan fingerprint density at radius 1 is 1.35 bits per heavy atom. The minimum absolute atomic E-state index is 0.489. The Bertz CT molecular complexity index is 402. The molecule has 4 heteroatoms. The largest absolute Gasteiger partial charge is 0.480 e. The molecule has 1 aromatic rings. The summed E-state index contributed by atoms with van der Waals surface area (Å²) in [4.78, 5) is 13.6. The zero-order valence-electron chi connectivity index (χ0n) is 9.93. The third-order valence-corrected chi connectivity index (χ3v) is 4.07. The molecular weight excluding hydrogens is 234 g/mol. The molecule has 0 radical (unpaired) electrons. The van der Waals surface area contributed by atoms with Gasteiger partial charge in [-0.15, -0.1) is 0 Å². The molecule has 92 valence electrons. The lowest BCUT2D eigenvalue weighted by atomic mass is 10.00. The van der Waals surface area contributed by atoms with Crippen LogP contribution < -0.4 is 0 Å². The van der Waals surface area contributed by atoms with Gasteiger partial charge in [0, 0.05) is 24.6 Å². The van der Waals surface area contributed by atoms with E-state index in [4.69, 9.17) is 0 Å². The number of carboxylic acid groups (broad SMARTS) is 1. The summed E-state index contributed by atoms with van der Waals surface area (Å²) in [6.45, 7) is 3.69. The molecule has 0 amide bonds. The molecule has 1 saturated heterocycles. The van der Waals surface area contributed by atoms with Gasteiger partial charge in [-0.3, -0.25) is 9.69 Å². The Morgan fingerprint density at radius 2 is 2.00 bits per heavy atom. The highest BCUT2D eigenvalue weighted by molar-refractivity contribution is 7.99. The number of hydrogen-bond acceptors (Lipinski definition) is 3. The molecule has 3 nitrogen and oxygen atoms in total. The first kappa shape index (κ1) is 12.5. The summed E-state index contributed by atoms with van der Waals surface area (Å²) in [5, 5.41) is 9.45. The van der Waals surface area contributed by atoms with Crippen molar-refractivity contribution in [3.05, 3.63) is 35.4 Å². The Kier molecular flexibility index (Phi) is 4.07. The van der Waals surface area contributed by atoms with Crippen LogP contribution in [0.25, 0.3) is 0 Å². The summed E-state index contributed by atoms with van der Waals surface area (Å²) < 4.78 is 0. The molecule has 0 bridgehead atoms. The lowest BCUT2D eigenvalue weighted by Crippen LogP contribution is -2.40. The Morgan fingerprint density at radius 3 is 2.59 bits per heavy atom. The zero-order chi connectivity index (χ0) is 12.3. The van der Waals surface area contributed by atoms with E-state index in [2.05, 4.69) is 4.90 Å². The van der Waals surface area contributed by atoms with Gasteiger partial charge in [0.1, 0.15) is 6.04 Å². The minimum atomic E-state index is -0.744. The number of carbonyl (C=O) groups is 1. The van der Waals surface area contributed by atoms with Crippen molar-refractivity contribution in [2.45, 2.75) is 13.0 Å². The van der Waals surface area contributed by atoms with Crippen LogP contribution >= 0.6 is 11.8 Å². The highest BCUT2D eigenvalue weighted by Crippen LogP contribution is 2.26. The van der Waals surface area contributed by atoms with Crippen LogP contribution in [0.5, 0.6) is 0 Å². The van der Waals surface area contributed by atoms with E-state index in [-0.39, 0.29) is 0 Å². The molecule has 0 aliphatic carbocycles. The van der Waals surface area contributed by atoms with E-state index in [0.717, 1.165) is 35.7 Å². The SMILES string of the molecule is Cc1ccccc1C(C(=O)O)N1CCSCC1. The van der Waals surface area contributed by atoms with Crippen molar-refractivity contribution in [2.24, 2.45) is 0 Å². The molecule has 0 spiro atoms. The van der Waals surface area contributed by atoms with Crippen molar-refractivity contribution in [1.82, 2.24) is 4.90 Å². The van der Waals surface area contributed by atoms with Gasteiger partial charge in [-0.05, 0) is 18.1 Å². The summed E-state index contributed by atoms with van der Waals surface area (Å²) in [6.07, 6.45) is 0. The Balaban J connectivity index is 2.28. The third kappa shape index (κ3) is 2.82. The highest BCUT2D eigenvalue weighted by Gasteiger charge is 2.29. The van der Waals surface area contributed by atoms with Gasteiger partial charge in [0.15, 0.2) is 0 Å². The van der Waals surface area contributed by atoms with Gasteiger partial charge < -0.3 is 5.11 Å². The Hall–Kier alpha value is -1.00. The first-order valence-electron chi connectivity index (χ1n) is 5.80. The molecule has 0 saturated carbocycles. The number of carboxylic acids is 1. The quantitative estimate of drug-likeness (QED) is 0.894. The van der Waals surface area contributed by atoms with Gasteiger partial charge in [-0.25, -0.2) is 0 Å². The molecule has 1 unspecified atom stereocenters. The van der Waals surface area contributed by atoms with Gasteiger partial charge in [-0.1, -0.05) is 24.3 Å². The molecule has 17 heavy (non-hydrogen) atoms. The van der Waals surface area contributed by atoms with Crippen molar-refractivity contribution in [3.8, 4) is 0 Å². The second-order valence-corrected chi connectivity index (χ2v) is 5.47. The number of rotatable bonds is 3. The smallest absolute Gasteiger partial charge is 0.325 e. The van der Waals surface area contributed by atoms with Gasteiger partial charge in [0.05, 0.1) is 0 Å². The summed E-state index contributed by atoms with van der Waals surface area (Å²) in [7, 11) is 0. The summed E-state index contributed by atoms with van der Waals surface area (Å²) in [6, 6.07) is 7.28. The molecule has 1 aliphatic rings. The standard InChI is InChI=1S/C13H17NO2S/c1-10-4-2-3-5-11(10)12(13(15)16)14-6-8-17-9-7-14/h2-5,12H,6-9H2,1H3,(H,15,16). The van der Waals surface area contributed by atoms with Crippen LogP contribution in [0.1, 0.15) is 17.2 Å². The summed E-state index contributed by atoms with van der Waals surface area (Å²) >= 11 is 1.89. The molecule has 1 aliphatic heterocycles. The van der Waals surface area contributed by atoms with Gasteiger partial charge >= 0.3 is 5.97 Å². The molecule has 1 heterocycles. The molecule has 1 aromatic carbocycles. The number of benzene rings is 1. The lowest BCUT2D eigenvalue weighted by Gasteiger charge is -2.32. The van der Waals surface area contributed by atoms with E-state index >= 15 is 0 Å². The number of thioether (sulfide) groups is 1. The maximum absolute atomic E-state index is 11.5. The van der Waals surface area contributed by atoms with Crippen molar-refractivity contribution >= 4 is 17.7 Å². The molecular formula is C13H17NO2S. The fourth-order valence-corrected chi connectivity index (χ4v) is 3.15. The molecule has 1 fully saturated rings.